The zero-order valence-electron chi connectivity index (χ0n) is 9.97. The zero-order chi connectivity index (χ0) is 14.1. The van der Waals surface area contributed by atoms with Crippen LogP contribution in [0.4, 0.5) is 18.9 Å². The largest absolute Gasteiger partial charge is 0.416 e. The Morgan fingerprint density at radius 3 is 2.39 bits per heavy atom. The van der Waals surface area contributed by atoms with E-state index in [-0.39, 0.29) is 17.5 Å². The number of nitro benzene ring substituents is 1. The number of aryl methyl sites for hydroxylation is 1. The number of nitrogens with zero attached hydrogens (tertiary/aromatic N) is 1. The van der Waals surface area contributed by atoms with Gasteiger partial charge in [-0.25, -0.2) is 0 Å². The van der Waals surface area contributed by atoms with Crippen molar-refractivity contribution in [3.05, 3.63) is 51.1 Å². The second-order valence-corrected chi connectivity index (χ2v) is 4.18. The molecule has 0 aromatic heterocycles. The Hall–Kier alpha value is -1.85. The number of hydrogen-bond donors (Lipinski definition) is 0. The van der Waals surface area contributed by atoms with E-state index >= 15 is 0 Å². The SMILES string of the molecule is C=C(C)Cc1cc(C)c([N+](=O)[O-])cc1C(F)(F)F. The molecular formula is C12H12F3NO2. The smallest absolute Gasteiger partial charge is 0.258 e. The molecule has 0 bridgehead atoms. The van der Waals surface area contributed by atoms with Gasteiger partial charge in [-0.15, -0.1) is 0 Å². The van der Waals surface area contributed by atoms with Crippen molar-refractivity contribution in [1.82, 2.24) is 0 Å². The summed E-state index contributed by atoms with van der Waals surface area (Å²) in [5.41, 5.74) is -0.702. The Morgan fingerprint density at radius 2 is 2.00 bits per heavy atom. The van der Waals surface area contributed by atoms with Crippen molar-refractivity contribution in [3.63, 3.8) is 0 Å². The summed E-state index contributed by atoms with van der Waals surface area (Å²) in [4.78, 5) is 9.84. The summed E-state index contributed by atoms with van der Waals surface area (Å²) in [7, 11) is 0. The maximum atomic E-state index is 12.8. The van der Waals surface area contributed by atoms with Gasteiger partial charge >= 0.3 is 6.18 Å². The molecular weight excluding hydrogens is 247 g/mol. The Bertz CT molecular complexity index is 507. The molecule has 0 aliphatic rings. The molecule has 0 saturated heterocycles. The van der Waals surface area contributed by atoms with Crippen molar-refractivity contribution in [1.29, 1.82) is 0 Å². The number of rotatable bonds is 3. The van der Waals surface area contributed by atoms with Gasteiger partial charge in [0.2, 0.25) is 0 Å². The molecule has 0 atom stereocenters. The molecule has 6 heteroatoms. The Kier molecular flexibility index (Phi) is 3.79. The first-order chi connectivity index (χ1) is 8.12. The summed E-state index contributed by atoms with van der Waals surface area (Å²) in [6.07, 6.45) is -4.56. The predicted molar refractivity (Wildman–Crippen MR) is 61.4 cm³/mol. The molecule has 0 spiro atoms. The molecule has 1 rings (SSSR count). The number of allylic oxidation sites excluding steroid dienone is 1. The Morgan fingerprint density at radius 1 is 1.44 bits per heavy atom. The third-order valence-corrected chi connectivity index (χ3v) is 2.42. The van der Waals surface area contributed by atoms with E-state index in [1.165, 1.54) is 13.0 Å². The molecule has 18 heavy (non-hydrogen) atoms. The number of benzene rings is 1. The van der Waals surface area contributed by atoms with E-state index in [1.807, 2.05) is 0 Å². The van der Waals surface area contributed by atoms with Crippen LogP contribution < -0.4 is 0 Å². The summed E-state index contributed by atoms with van der Waals surface area (Å²) in [5, 5.41) is 10.7. The van der Waals surface area contributed by atoms with E-state index in [0.29, 0.717) is 11.6 Å². The van der Waals surface area contributed by atoms with Gasteiger partial charge in [-0.3, -0.25) is 10.1 Å². The highest BCUT2D eigenvalue weighted by Crippen LogP contribution is 2.36. The standard InChI is InChI=1S/C12H12F3NO2/c1-7(2)4-9-5-8(3)11(16(17)18)6-10(9)12(13,14)15/h5-6H,1,4H2,2-3H3. The maximum Gasteiger partial charge on any atom is 0.416 e. The van der Waals surface area contributed by atoms with Gasteiger partial charge in [-0.1, -0.05) is 12.2 Å². The van der Waals surface area contributed by atoms with Crippen LogP contribution in [0.2, 0.25) is 0 Å². The molecule has 1 aromatic rings. The first-order valence-electron chi connectivity index (χ1n) is 5.12. The van der Waals surface area contributed by atoms with Gasteiger partial charge in [0, 0.05) is 11.6 Å². The Labute approximate surface area is 102 Å². The van der Waals surface area contributed by atoms with Gasteiger partial charge in [0.25, 0.3) is 5.69 Å². The summed E-state index contributed by atoms with van der Waals surface area (Å²) in [6.45, 7) is 6.58. The van der Waals surface area contributed by atoms with Crippen LogP contribution in [0, 0.1) is 17.0 Å². The van der Waals surface area contributed by atoms with Crippen molar-refractivity contribution in [2.75, 3.05) is 0 Å². The van der Waals surface area contributed by atoms with Crippen LogP contribution in [-0.2, 0) is 12.6 Å². The number of hydrogen-bond acceptors (Lipinski definition) is 2. The monoisotopic (exact) mass is 259 g/mol. The predicted octanol–water partition coefficient (Wildman–Crippen LogP) is 4.04. The average molecular weight is 259 g/mol. The van der Waals surface area contributed by atoms with Crippen LogP contribution in [0.15, 0.2) is 24.3 Å². The van der Waals surface area contributed by atoms with E-state index < -0.39 is 22.4 Å². The van der Waals surface area contributed by atoms with E-state index in [0.717, 1.165) is 0 Å². The molecule has 1 aromatic carbocycles. The Balaban J connectivity index is 3.47. The van der Waals surface area contributed by atoms with Crippen LogP contribution in [-0.4, -0.2) is 4.92 Å². The first-order valence-corrected chi connectivity index (χ1v) is 5.12. The maximum absolute atomic E-state index is 12.8. The van der Waals surface area contributed by atoms with Gasteiger partial charge in [0.15, 0.2) is 0 Å². The van der Waals surface area contributed by atoms with Gasteiger partial charge < -0.3 is 0 Å². The molecule has 0 heterocycles. The topological polar surface area (TPSA) is 43.1 Å². The van der Waals surface area contributed by atoms with E-state index in [9.17, 15) is 23.3 Å². The number of alkyl halides is 3. The normalized spacial score (nSPS) is 11.4. The fraction of sp³-hybridized carbons (Fsp3) is 0.333. The second-order valence-electron chi connectivity index (χ2n) is 4.18. The van der Waals surface area contributed by atoms with Crippen LogP contribution >= 0.6 is 0 Å². The van der Waals surface area contributed by atoms with Crippen molar-refractivity contribution >= 4 is 5.69 Å². The molecule has 3 nitrogen and oxygen atoms in total. The minimum atomic E-state index is -4.61. The van der Waals surface area contributed by atoms with E-state index in [4.69, 9.17) is 0 Å². The van der Waals surface area contributed by atoms with Gasteiger partial charge in [-0.2, -0.15) is 13.2 Å². The minimum absolute atomic E-state index is 0.0121. The fourth-order valence-corrected chi connectivity index (χ4v) is 1.69. The summed E-state index contributed by atoms with van der Waals surface area (Å²) < 4.78 is 38.5. The highest BCUT2D eigenvalue weighted by atomic mass is 19.4. The van der Waals surface area contributed by atoms with Crippen LogP contribution in [0.5, 0.6) is 0 Å². The molecule has 0 aliphatic heterocycles. The molecule has 0 N–H and O–H groups in total. The van der Waals surface area contributed by atoms with Crippen LogP contribution in [0.1, 0.15) is 23.6 Å². The third kappa shape index (κ3) is 3.09. The average Bonchev–Trinajstić information content (AvgIpc) is 2.13. The van der Waals surface area contributed by atoms with Crippen molar-refractivity contribution in [2.45, 2.75) is 26.4 Å². The number of nitro groups is 1. The molecule has 0 fully saturated rings. The first kappa shape index (κ1) is 14.2. The molecule has 98 valence electrons. The van der Waals surface area contributed by atoms with Crippen LogP contribution in [0.3, 0.4) is 0 Å². The summed E-state index contributed by atoms with van der Waals surface area (Å²) in [6, 6.07) is 1.79. The fourth-order valence-electron chi connectivity index (χ4n) is 1.69. The third-order valence-electron chi connectivity index (χ3n) is 2.42. The zero-order valence-corrected chi connectivity index (χ0v) is 9.97. The van der Waals surface area contributed by atoms with Gasteiger partial charge in [-0.05, 0) is 31.9 Å². The lowest BCUT2D eigenvalue weighted by molar-refractivity contribution is -0.385. The van der Waals surface area contributed by atoms with Gasteiger partial charge in [0.05, 0.1) is 10.5 Å². The highest BCUT2D eigenvalue weighted by molar-refractivity contribution is 5.48. The quantitative estimate of drug-likeness (QED) is 0.467. The minimum Gasteiger partial charge on any atom is -0.258 e. The van der Waals surface area contributed by atoms with Crippen molar-refractivity contribution in [3.8, 4) is 0 Å². The molecule has 0 radical (unpaired) electrons. The molecule has 0 unspecified atom stereocenters. The summed E-state index contributed by atoms with van der Waals surface area (Å²) >= 11 is 0. The van der Waals surface area contributed by atoms with Crippen LogP contribution in [0.25, 0.3) is 0 Å². The lowest BCUT2D eigenvalue weighted by Gasteiger charge is -2.14. The summed E-state index contributed by atoms with van der Waals surface area (Å²) in [5.74, 6) is 0. The van der Waals surface area contributed by atoms with Crippen molar-refractivity contribution in [2.24, 2.45) is 0 Å². The van der Waals surface area contributed by atoms with E-state index in [1.54, 1.807) is 6.92 Å². The molecule has 0 saturated carbocycles. The van der Waals surface area contributed by atoms with Crippen molar-refractivity contribution < 1.29 is 18.1 Å². The van der Waals surface area contributed by atoms with E-state index in [2.05, 4.69) is 6.58 Å². The lowest BCUT2D eigenvalue weighted by atomic mass is 9.97. The number of halogens is 3. The molecule has 0 amide bonds. The lowest BCUT2D eigenvalue weighted by Crippen LogP contribution is -2.11. The highest BCUT2D eigenvalue weighted by Gasteiger charge is 2.35. The second kappa shape index (κ2) is 4.80. The van der Waals surface area contributed by atoms with Gasteiger partial charge in [0.1, 0.15) is 0 Å². The molecule has 0 aliphatic carbocycles.